The highest BCUT2D eigenvalue weighted by Crippen LogP contribution is 2.25. The third kappa shape index (κ3) is 2.76. The average Bonchev–Trinajstić information content (AvgIpc) is 2.45. The SMILES string of the molecule is C=COC(=O)C(C)c1ccc2cc(OC)ccc2c1. The Bertz CT molecular complexity index is 616. The monoisotopic (exact) mass is 256 g/mol. The van der Waals surface area contributed by atoms with E-state index in [9.17, 15) is 4.79 Å². The van der Waals surface area contributed by atoms with Crippen LogP contribution in [0.5, 0.6) is 5.75 Å². The second-order valence-corrected chi connectivity index (χ2v) is 4.30. The van der Waals surface area contributed by atoms with Crippen molar-refractivity contribution in [2.45, 2.75) is 12.8 Å². The zero-order valence-corrected chi connectivity index (χ0v) is 11.1. The highest BCUT2D eigenvalue weighted by molar-refractivity contribution is 5.86. The minimum absolute atomic E-state index is 0.303. The number of hydrogen-bond donors (Lipinski definition) is 0. The number of rotatable bonds is 4. The van der Waals surface area contributed by atoms with Gasteiger partial charge in [0.05, 0.1) is 19.3 Å². The van der Waals surface area contributed by atoms with Gasteiger partial charge in [0.25, 0.3) is 0 Å². The van der Waals surface area contributed by atoms with Crippen LogP contribution in [0.3, 0.4) is 0 Å². The fraction of sp³-hybridized carbons (Fsp3) is 0.188. The predicted molar refractivity (Wildman–Crippen MR) is 75.2 cm³/mol. The Labute approximate surface area is 112 Å². The summed E-state index contributed by atoms with van der Waals surface area (Å²) in [7, 11) is 1.64. The van der Waals surface area contributed by atoms with Gasteiger partial charge in [-0.25, -0.2) is 0 Å². The molecule has 3 heteroatoms. The quantitative estimate of drug-likeness (QED) is 0.619. The molecule has 0 aromatic heterocycles. The molecule has 2 rings (SSSR count). The van der Waals surface area contributed by atoms with Crippen LogP contribution in [0.2, 0.25) is 0 Å². The van der Waals surface area contributed by atoms with E-state index in [0.717, 1.165) is 28.3 Å². The van der Waals surface area contributed by atoms with E-state index in [1.165, 1.54) is 0 Å². The molecule has 0 amide bonds. The van der Waals surface area contributed by atoms with Crippen molar-refractivity contribution >= 4 is 16.7 Å². The number of fused-ring (bicyclic) bond motifs is 1. The third-order valence-corrected chi connectivity index (χ3v) is 3.12. The van der Waals surface area contributed by atoms with Crippen molar-refractivity contribution in [1.29, 1.82) is 0 Å². The van der Waals surface area contributed by atoms with Crippen molar-refractivity contribution in [3.8, 4) is 5.75 Å². The van der Waals surface area contributed by atoms with Crippen LogP contribution >= 0.6 is 0 Å². The van der Waals surface area contributed by atoms with E-state index < -0.39 is 0 Å². The molecule has 0 saturated carbocycles. The van der Waals surface area contributed by atoms with Gasteiger partial charge in [0, 0.05) is 0 Å². The van der Waals surface area contributed by atoms with Crippen molar-refractivity contribution < 1.29 is 14.3 Å². The van der Waals surface area contributed by atoms with E-state index in [1.54, 1.807) is 7.11 Å². The molecule has 2 aromatic carbocycles. The summed E-state index contributed by atoms with van der Waals surface area (Å²) in [6.45, 7) is 5.20. The number of carbonyl (C=O) groups excluding carboxylic acids is 1. The topological polar surface area (TPSA) is 35.5 Å². The normalized spacial score (nSPS) is 11.9. The van der Waals surface area contributed by atoms with Crippen LogP contribution in [0.1, 0.15) is 18.4 Å². The van der Waals surface area contributed by atoms with Gasteiger partial charge in [0.1, 0.15) is 5.75 Å². The van der Waals surface area contributed by atoms with Gasteiger partial charge in [-0.1, -0.05) is 30.8 Å². The lowest BCUT2D eigenvalue weighted by atomic mass is 9.98. The maximum Gasteiger partial charge on any atom is 0.317 e. The fourth-order valence-corrected chi connectivity index (χ4v) is 1.96. The van der Waals surface area contributed by atoms with Crippen molar-refractivity contribution in [3.05, 3.63) is 54.8 Å². The summed E-state index contributed by atoms with van der Waals surface area (Å²) in [5.41, 5.74) is 0.921. The maximum atomic E-state index is 11.7. The summed E-state index contributed by atoms with van der Waals surface area (Å²) >= 11 is 0. The molecule has 0 heterocycles. The standard InChI is InChI=1S/C16H16O3/c1-4-19-16(17)11(2)12-5-6-14-10-15(18-3)8-7-13(14)9-12/h4-11H,1H2,2-3H3. The van der Waals surface area contributed by atoms with Gasteiger partial charge in [-0.15, -0.1) is 0 Å². The molecule has 0 aliphatic heterocycles. The summed E-state index contributed by atoms with van der Waals surface area (Å²) in [6, 6.07) is 11.7. The van der Waals surface area contributed by atoms with Gasteiger partial charge in [-0.05, 0) is 35.4 Å². The number of carbonyl (C=O) groups is 1. The molecule has 3 nitrogen and oxygen atoms in total. The minimum Gasteiger partial charge on any atom is -0.497 e. The third-order valence-electron chi connectivity index (χ3n) is 3.12. The molecule has 0 radical (unpaired) electrons. The van der Waals surface area contributed by atoms with Crippen LogP contribution in [-0.2, 0) is 9.53 Å². The van der Waals surface area contributed by atoms with E-state index in [-0.39, 0.29) is 11.9 Å². The van der Waals surface area contributed by atoms with E-state index in [0.29, 0.717) is 0 Å². The summed E-state index contributed by atoms with van der Waals surface area (Å²) < 4.78 is 10.00. The van der Waals surface area contributed by atoms with Gasteiger partial charge in [0.15, 0.2) is 0 Å². The lowest BCUT2D eigenvalue weighted by molar-refractivity contribution is -0.139. The van der Waals surface area contributed by atoms with E-state index in [1.807, 2.05) is 43.3 Å². The maximum absolute atomic E-state index is 11.7. The summed E-state index contributed by atoms with van der Waals surface area (Å²) in [4.78, 5) is 11.7. The van der Waals surface area contributed by atoms with Crippen LogP contribution in [0.4, 0.5) is 0 Å². The van der Waals surface area contributed by atoms with Crippen molar-refractivity contribution in [1.82, 2.24) is 0 Å². The lowest BCUT2D eigenvalue weighted by Gasteiger charge is -2.11. The van der Waals surface area contributed by atoms with Gasteiger partial charge in [0.2, 0.25) is 0 Å². The first kappa shape index (κ1) is 13.1. The Kier molecular flexibility index (Phi) is 3.85. The zero-order chi connectivity index (χ0) is 13.8. The lowest BCUT2D eigenvalue weighted by Crippen LogP contribution is -2.10. The average molecular weight is 256 g/mol. The molecule has 0 aliphatic rings. The molecule has 1 atom stereocenters. The van der Waals surface area contributed by atoms with Crippen LogP contribution in [0.25, 0.3) is 10.8 Å². The molecule has 0 spiro atoms. The Balaban J connectivity index is 2.36. The molecular weight excluding hydrogens is 240 g/mol. The molecule has 98 valence electrons. The second-order valence-electron chi connectivity index (χ2n) is 4.30. The number of esters is 1. The first-order valence-electron chi connectivity index (χ1n) is 6.05. The van der Waals surface area contributed by atoms with Crippen LogP contribution in [-0.4, -0.2) is 13.1 Å². The largest absolute Gasteiger partial charge is 0.497 e. The fourth-order valence-electron chi connectivity index (χ4n) is 1.96. The number of methoxy groups -OCH3 is 1. The Morgan fingerprint density at radius 2 is 1.89 bits per heavy atom. The Morgan fingerprint density at radius 3 is 2.58 bits per heavy atom. The van der Waals surface area contributed by atoms with Gasteiger partial charge < -0.3 is 9.47 Å². The summed E-state index contributed by atoms with van der Waals surface area (Å²) in [5, 5.41) is 2.14. The molecule has 0 N–H and O–H groups in total. The van der Waals surface area contributed by atoms with Gasteiger partial charge in [-0.2, -0.15) is 0 Å². The Hall–Kier alpha value is -2.29. The molecule has 0 fully saturated rings. The molecule has 19 heavy (non-hydrogen) atoms. The molecule has 2 aromatic rings. The van der Waals surface area contributed by atoms with Crippen LogP contribution in [0.15, 0.2) is 49.2 Å². The first-order valence-corrected chi connectivity index (χ1v) is 6.05. The molecule has 0 saturated heterocycles. The van der Waals surface area contributed by atoms with Gasteiger partial charge >= 0.3 is 5.97 Å². The highest BCUT2D eigenvalue weighted by atomic mass is 16.5. The van der Waals surface area contributed by atoms with E-state index in [4.69, 9.17) is 9.47 Å². The molecule has 0 bridgehead atoms. The van der Waals surface area contributed by atoms with Gasteiger partial charge in [-0.3, -0.25) is 4.79 Å². The van der Waals surface area contributed by atoms with Crippen molar-refractivity contribution in [2.75, 3.05) is 7.11 Å². The minimum atomic E-state index is -0.315. The van der Waals surface area contributed by atoms with Crippen LogP contribution in [0, 0.1) is 0 Å². The number of hydrogen-bond acceptors (Lipinski definition) is 3. The Morgan fingerprint density at radius 1 is 1.21 bits per heavy atom. The first-order chi connectivity index (χ1) is 9.15. The van der Waals surface area contributed by atoms with E-state index >= 15 is 0 Å². The number of ether oxygens (including phenoxy) is 2. The zero-order valence-electron chi connectivity index (χ0n) is 11.1. The predicted octanol–water partition coefficient (Wildman–Crippen LogP) is 3.64. The van der Waals surface area contributed by atoms with Crippen molar-refractivity contribution in [3.63, 3.8) is 0 Å². The summed E-state index contributed by atoms with van der Waals surface area (Å²) in [5.74, 6) is 0.201. The molecule has 0 aliphatic carbocycles. The second kappa shape index (κ2) is 5.57. The van der Waals surface area contributed by atoms with Crippen LogP contribution < -0.4 is 4.74 Å². The number of benzene rings is 2. The highest BCUT2D eigenvalue weighted by Gasteiger charge is 2.16. The summed E-state index contributed by atoms with van der Waals surface area (Å²) in [6.07, 6.45) is 1.16. The van der Waals surface area contributed by atoms with Crippen molar-refractivity contribution in [2.24, 2.45) is 0 Å². The smallest absolute Gasteiger partial charge is 0.317 e. The molecular formula is C16H16O3. The van der Waals surface area contributed by atoms with E-state index in [2.05, 4.69) is 6.58 Å². The molecule has 1 unspecified atom stereocenters.